The highest BCUT2D eigenvalue weighted by Gasteiger charge is 2.22. The van der Waals surface area contributed by atoms with Crippen LogP contribution in [0.2, 0.25) is 0 Å². The van der Waals surface area contributed by atoms with Gasteiger partial charge in [0.15, 0.2) is 5.78 Å². The van der Waals surface area contributed by atoms with Gasteiger partial charge >= 0.3 is 5.97 Å². The van der Waals surface area contributed by atoms with E-state index in [1.165, 1.54) is 77.6 Å². The normalized spacial score (nSPS) is 13.3. The van der Waals surface area contributed by atoms with Gasteiger partial charge in [-0.15, -0.1) is 0 Å². The number of rotatable bonds is 37. The van der Waals surface area contributed by atoms with Crippen LogP contribution in [0, 0.1) is 0 Å². The van der Waals surface area contributed by atoms with Crippen LogP contribution in [-0.2, 0) is 42.9 Å². The van der Waals surface area contributed by atoms with Crippen molar-refractivity contribution >= 4 is 29.5 Å². The summed E-state index contributed by atoms with van der Waals surface area (Å²) >= 11 is 0. The lowest BCUT2D eigenvalue weighted by Gasteiger charge is -2.34. The van der Waals surface area contributed by atoms with Gasteiger partial charge in [0.2, 0.25) is 17.7 Å². The Morgan fingerprint density at radius 3 is 1.40 bits per heavy atom. The minimum atomic E-state index is -0.683. The first-order chi connectivity index (χ1) is 25.8. The molecule has 1 saturated heterocycles. The van der Waals surface area contributed by atoms with Gasteiger partial charge in [-0.2, -0.15) is 0 Å². The number of carbonyl (C=O) groups excluding carboxylic acids is 4. The van der Waals surface area contributed by atoms with Crippen molar-refractivity contribution in [2.75, 3.05) is 98.7 Å². The third-order valence-electron chi connectivity index (χ3n) is 9.04. The number of hydrogen-bond acceptors (Lipinski definition) is 10. The topological polar surface area (TPSA) is 173 Å². The van der Waals surface area contributed by atoms with E-state index in [-0.39, 0.29) is 43.3 Å². The SMILES string of the molecule is CC(=O)COCCOCCNC(=O)COCCOCCNC(=O)CN1CCN(C(=O)CCCCCCCCCCCCCCCCCCC(=O)O)CC1. The van der Waals surface area contributed by atoms with Gasteiger partial charge in [-0.3, -0.25) is 28.9 Å². The van der Waals surface area contributed by atoms with Crippen LogP contribution in [0.25, 0.3) is 0 Å². The molecule has 3 amide bonds. The zero-order valence-electron chi connectivity index (χ0n) is 32.9. The van der Waals surface area contributed by atoms with Crippen LogP contribution in [0.3, 0.4) is 0 Å². The number of carboxylic acid groups (broad SMARTS) is 1. The highest BCUT2D eigenvalue weighted by atomic mass is 16.5. The first-order valence-electron chi connectivity index (χ1n) is 20.3. The van der Waals surface area contributed by atoms with Gasteiger partial charge in [0.25, 0.3) is 0 Å². The molecule has 1 aliphatic rings. The van der Waals surface area contributed by atoms with Gasteiger partial charge in [-0.1, -0.05) is 89.9 Å². The van der Waals surface area contributed by atoms with Gasteiger partial charge in [-0.05, 0) is 19.8 Å². The van der Waals surface area contributed by atoms with E-state index in [1.54, 1.807) is 0 Å². The quantitative estimate of drug-likeness (QED) is 0.0779. The minimum Gasteiger partial charge on any atom is -0.481 e. The van der Waals surface area contributed by atoms with E-state index in [0.29, 0.717) is 91.7 Å². The zero-order valence-corrected chi connectivity index (χ0v) is 32.9. The summed E-state index contributed by atoms with van der Waals surface area (Å²) in [6.07, 6.45) is 20.1. The van der Waals surface area contributed by atoms with Crippen LogP contribution in [0.1, 0.15) is 122 Å². The lowest BCUT2D eigenvalue weighted by atomic mass is 10.0. The lowest BCUT2D eigenvalue weighted by Crippen LogP contribution is -2.51. The number of Topliss-reactive ketones (excluding diaryl/α,β-unsaturated/α-hetero) is 1. The standard InChI is InChI=1S/C39H72N4O10/c1-35(44)33-52-30-28-51-27-21-41-37(46)34-53-31-29-50-26-20-40-36(45)32-42-22-24-43(25-23-42)38(47)18-16-14-12-10-8-6-4-2-3-5-7-9-11-13-15-17-19-39(48)49/h2-34H2,1H3,(H,40,45)(H,41,46)(H,48,49). The molecule has 14 nitrogen and oxygen atoms in total. The fraction of sp³-hybridized carbons (Fsp3) is 0.872. The lowest BCUT2D eigenvalue weighted by molar-refractivity contribution is -0.137. The Bertz CT molecular complexity index is 963. The highest BCUT2D eigenvalue weighted by Crippen LogP contribution is 2.15. The smallest absolute Gasteiger partial charge is 0.303 e. The van der Waals surface area contributed by atoms with Crippen molar-refractivity contribution in [3.63, 3.8) is 0 Å². The van der Waals surface area contributed by atoms with E-state index in [4.69, 9.17) is 24.1 Å². The molecule has 0 radical (unpaired) electrons. The number of aliphatic carboxylic acids is 1. The molecule has 0 aromatic rings. The van der Waals surface area contributed by atoms with Crippen LogP contribution in [0.15, 0.2) is 0 Å². The molecule has 1 aliphatic heterocycles. The summed E-state index contributed by atoms with van der Waals surface area (Å²) in [7, 11) is 0. The van der Waals surface area contributed by atoms with E-state index < -0.39 is 5.97 Å². The Balaban J connectivity index is 1.85. The van der Waals surface area contributed by atoms with Gasteiger partial charge in [0.05, 0.1) is 46.2 Å². The maximum atomic E-state index is 12.7. The minimum absolute atomic E-state index is 0.0361. The molecule has 1 fully saturated rings. The van der Waals surface area contributed by atoms with E-state index >= 15 is 0 Å². The average molecular weight is 757 g/mol. The molecule has 1 rings (SSSR count). The summed E-state index contributed by atoms with van der Waals surface area (Å²) in [5.41, 5.74) is 0. The molecule has 0 aromatic carbocycles. The number of carboxylic acids is 1. The predicted molar refractivity (Wildman–Crippen MR) is 204 cm³/mol. The molecule has 14 heteroatoms. The number of piperazine rings is 1. The molecule has 0 unspecified atom stereocenters. The van der Waals surface area contributed by atoms with Crippen molar-refractivity contribution in [2.24, 2.45) is 0 Å². The summed E-state index contributed by atoms with van der Waals surface area (Å²) in [6, 6.07) is 0. The third kappa shape index (κ3) is 32.5. The second-order valence-electron chi connectivity index (χ2n) is 13.9. The number of unbranched alkanes of at least 4 members (excludes halogenated alkanes) is 15. The second kappa shape index (κ2) is 35.1. The first kappa shape index (κ1) is 48.4. The Morgan fingerprint density at radius 1 is 0.509 bits per heavy atom. The van der Waals surface area contributed by atoms with E-state index in [9.17, 15) is 24.0 Å². The summed E-state index contributed by atoms with van der Waals surface area (Å²) in [4.78, 5) is 62.0. The fourth-order valence-electron chi connectivity index (χ4n) is 6.00. The van der Waals surface area contributed by atoms with Crippen molar-refractivity contribution in [1.82, 2.24) is 20.4 Å². The van der Waals surface area contributed by atoms with Gasteiger partial charge in [-0.25, -0.2) is 0 Å². The van der Waals surface area contributed by atoms with Crippen molar-refractivity contribution < 1.29 is 48.0 Å². The maximum absolute atomic E-state index is 12.7. The van der Waals surface area contributed by atoms with Crippen LogP contribution in [-0.4, -0.2) is 143 Å². The Morgan fingerprint density at radius 2 is 0.925 bits per heavy atom. The number of nitrogens with one attached hydrogen (secondary N) is 2. The first-order valence-corrected chi connectivity index (χ1v) is 20.3. The summed E-state index contributed by atoms with van der Waals surface area (Å²) in [5, 5.41) is 14.2. The molecule has 0 spiro atoms. The van der Waals surface area contributed by atoms with E-state index in [1.807, 2.05) is 4.90 Å². The Hall–Kier alpha value is -2.65. The molecule has 0 saturated carbocycles. The second-order valence-corrected chi connectivity index (χ2v) is 13.9. The van der Waals surface area contributed by atoms with E-state index in [2.05, 4.69) is 15.5 Å². The third-order valence-corrected chi connectivity index (χ3v) is 9.04. The number of amides is 3. The van der Waals surface area contributed by atoms with Crippen LogP contribution in [0.5, 0.6) is 0 Å². The summed E-state index contributed by atoms with van der Waals surface area (Å²) < 4.78 is 21.1. The van der Waals surface area contributed by atoms with Crippen LogP contribution >= 0.6 is 0 Å². The van der Waals surface area contributed by atoms with Crippen molar-refractivity contribution in [3.05, 3.63) is 0 Å². The zero-order chi connectivity index (χ0) is 38.6. The molecular weight excluding hydrogens is 684 g/mol. The number of ether oxygens (including phenoxy) is 4. The van der Waals surface area contributed by atoms with Gasteiger partial charge < -0.3 is 39.6 Å². The number of nitrogens with zero attached hydrogens (tertiary/aromatic N) is 2. The Labute approximate surface area is 318 Å². The van der Waals surface area contributed by atoms with Gasteiger partial charge in [0.1, 0.15) is 13.2 Å². The van der Waals surface area contributed by atoms with Crippen LogP contribution < -0.4 is 10.6 Å². The van der Waals surface area contributed by atoms with Crippen molar-refractivity contribution in [3.8, 4) is 0 Å². The Kier molecular flexibility index (Phi) is 32.0. The van der Waals surface area contributed by atoms with Gasteiger partial charge in [0, 0.05) is 52.1 Å². The van der Waals surface area contributed by atoms with Crippen LogP contribution in [0.4, 0.5) is 0 Å². The molecular formula is C39H72N4O10. The monoisotopic (exact) mass is 757 g/mol. The van der Waals surface area contributed by atoms with Crippen molar-refractivity contribution in [1.29, 1.82) is 0 Å². The molecule has 308 valence electrons. The molecule has 0 aliphatic carbocycles. The molecule has 3 N–H and O–H groups in total. The molecule has 0 aromatic heterocycles. The predicted octanol–water partition coefficient (Wildman–Crippen LogP) is 4.12. The molecule has 0 atom stereocenters. The average Bonchev–Trinajstić information content (AvgIpc) is 3.13. The largest absolute Gasteiger partial charge is 0.481 e. The maximum Gasteiger partial charge on any atom is 0.303 e. The molecule has 0 bridgehead atoms. The summed E-state index contributed by atoms with van der Waals surface area (Å²) in [5.74, 6) is -0.808. The number of carbonyl (C=O) groups is 5. The molecule has 1 heterocycles. The fourth-order valence-corrected chi connectivity index (χ4v) is 6.00. The number of hydrogen-bond donors (Lipinski definition) is 3. The summed E-state index contributed by atoms with van der Waals surface area (Å²) in [6.45, 7) is 7.16. The highest BCUT2D eigenvalue weighted by molar-refractivity contribution is 5.78. The van der Waals surface area contributed by atoms with Crippen molar-refractivity contribution in [2.45, 2.75) is 122 Å². The number of ketones is 1. The van der Waals surface area contributed by atoms with E-state index in [0.717, 1.165) is 32.1 Å². The molecule has 53 heavy (non-hydrogen) atoms.